The van der Waals surface area contributed by atoms with Gasteiger partial charge in [0.2, 0.25) is 5.91 Å². The van der Waals surface area contributed by atoms with Gasteiger partial charge >= 0.3 is 5.97 Å². The Kier molecular flexibility index (Phi) is 5.58. The van der Waals surface area contributed by atoms with Gasteiger partial charge in [0.25, 0.3) is 5.91 Å². The highest BCUT2D eigenvalue weighted by atomic mass is 16.5. The zero-order valence-corrected chi connectivity index (χ0v) is 16.9. The molecule has 2 heterocycles. The van der Waals surface area contributed by atoms with Crippen molar-refractivity contribution in [1.82, 2.24) is 20.0 Å². The molecule has 0 fully saturated rings. The molecule has 29 heavy (non-hydrogen) atoms. The van der Waals surface area contributed by atoms with Crippen LogP contribution in [0.25, 0.3) is 11.3 Å². The number of hydrogen-bond acceptors (Lipinski definition) is 6. The van der Waals surface area contributed by atoms with Gasteiger partial charge in [-0.25, -0.2) is 0 Å². The number of nitrogens with zero attached hydrogens (tertiary/aromatic N) is 3. The molecule has 0 unspecified atom stereocenters. The van der Waals surface area contributed by atoms with Crippen molar-refractivity contribution in [1.29, 1.82) is 0 Å². The summed E-state index contributed by atoms with van der Waals surface area (Å²) >= 11 is 0. The number of benzene rings is 1. The molecule has 9 nitrogen and oxygen atoms in total. The van der Waals surface area contributed by atoms with Crippen LogP contribution in [0.1, 0.15) is 24.3 Å². The van der Waals surface area contributed by atoms with Crippen molar-refractivity contribution in [3.05, 3.63) is 36.0 Å². The summed E-state index contributed by atoms with van der Waals surface area (Å²) in [6.07, 6.45) is 0. The SMILES string of the molecule is CCOC(=O)CNC(=O)[C@]1(C)Cn2nc(-c3ccc(OC)cc3)cc2C(=O)N1C. The maximum atomic E-state index is 12.9. The Morgan fingerprint density at radius 2 is 1.97 bits per heavy atom. The van der Waals surface area contributed by atoms with E-state index in [9.17, 15) is 14.4 Å². The molecule has 2 amide bonds. The van der Waals surface area contributed by atoms with E-state index >= 15 is 0 Å². The van der Waals surface area contributed by atoms with Gasteiger partial charge in [0.1, 0.15) is 23.5 Å². The average Bonchev–Trinajstić information content (AvgIpc) is 3.14. The molecule has 1 aliphatic rings. The number of aromatic nitrogens is 2. The Hall–Kier alpha value is -3.36. The van der Waals surface area contributed by atoms with Crippen LogP contribution < -0.4 is 10.1 Å². The highest BCUT2D eigenvalue weighted by Gasteiger charge is 2.46. The summed E-state index contributed by atoms with van der Waals surface area (Å²) in [5, 5.41) is 7.07. The van der Waals surface area contributed by atoms with Crippen LogP contribution in [0.5, 0.6) is 5.75 Å². The molecule has 0 bridgehead atoms. The fourth-order valence-corrected chi connectivity index (χ4v) is 3.18. The zero-order chi connectivity index (χ0) is 21.2. The van der Waals surface area contributed by atoms with E-state index in [4.69, 9.17) is 9.47 Å². The Labute approximate surface area is 168 Å². The third-order valence-corrected chi connectivity index (χ3v) is 5.08. The molecule has 0 radical (unpaired) electrons. The summed E-state index contributed by atoms with van der Waals surface area (Å²) in [6.45, 7) is 3.47. The molecule has 1 aromatic carbocycles. The summed E-state index contributed by atoms with van der Waals surface area (Å²) in [4.78, 5) is 38.6. The second-order valence-electron chi connectivity index (χ2n) is 6.93. The minimum absolute atomic E-state index is 0.162. The lowest BCUT2D eigenvalue weighted by Crippen LogP contribution is -2.63. The first-order chi connectivity index (χ1) is 13.8. The number of fused-ring (bicyclic) bond motifs is 1. The van der Waals surface area contributed by atoms with Crippen LogP contribution in [0.3, 0.4) is 0 Å². The largest absolute Gasteiger partial charge is 0.497 e. The van der Waals surface area contributed by atoms with Gasteiger partial charge in [-0.3, -0.25) is 19.1 Å². The minimum Gasteiger partial charge on any atom is -0.497 e. The van der Waals surface area contributed by atoms with Crippen molar-refractivity contribution in [3.63, 3.8) is 0 Å². The van der Waals surface area contributed by atoms with E-state index in [1.54, 1.807) is 34.1 Å². The Balaban J connectivity index is 1.84. The van der Waals surface area contributed by atoms with Crippen LogP contribution >= 0.6 is 0 Å². The number of nitrogens with one attached hydrogen (secondary N) is 1. The second kappa shape index (κ2) is 7.94. The van der Waals surface area contributed by atoms with Crippen molar-refractivity contribution < 1.29 is 23.9 Å². The molecular formula is C20H24N4O5. The van der Waals surface area contributed by atoms with Crippen LogP contribution in [0.15, 0.2) is 30.3 Å². The topological polar surface area (TPSA) is 103 Å². The fourth-order valence-electron chi connectivity index (χ4n) is 3.18. The predicted molar refractivity (Wildman–Crippen MR) is 104 cm³/mol. The molecule has 2 aromatic rings. The Bertz CT molecular complexity index is 937. The molecule has 9 heteroatoms. The van der Waals surface area contributed by atoms with E-state index in [0.29, 0.717) is 11.4 Å². The molecule has 3 rings (SSSR count). The normalized spacial score (nSPS) is 18.2. The number of esters is 1. The van der Waals surface area contributed by atoms with Crippen molar-refractivity contribution in [3.8, 4) is 17.0 Å². The number of likely N-dealkylation sites (N-methyl/N-ethyl adjacent to an activating group) is 1. The highest BCUT2D eigenvalue weighted by Crippen LogP contribution is 2.29. The number of carbonyl (C=O) groups excluding carboxylic acids is 3. The summed E-state index contributed by atoms with van der Waals surface area (Å²) in [6, 6.07) is 9.04. The molecule has 0 saturated heterocycles. The van der Waals surface area contributed by atoms with E-state index in [0.717, 1.165) is 11.3 Å². The third kappa shape index (κ3) is 3.80. The molecule has 0 spiro atoms. The summed E-state index contributed by atoms with van der Waals surface area (Å²) < 4.78 is 11.5. The molecular weight excluding hydrogens is 376 g/mol. The van der Waals surface area contributed by atoms with Gasteiger partial charge in [-0.2, -0.15) is 5.10 Å². The lowest BCUT2D eigenvalue weighted by atomic mass is 9.96. The van der Waals surface area contributed by atoms with E-state index < -0.39 is 17.4 Å². The first-order valence-corrected chi connectivity index (χ1v) is 9.24. The van der Waals surface area contributed by atoms with E-state index in [-0.39, 0.29) is 25.6 Å². The molecule has 154 valence electrons. The number of amides is 2. The van der Waals surface area contributed by atoms with Crippen LogP contribution in [-0.2, 0) is 20.9 Å². The number of methoxy groups -OCH3 is 1. The second-order valence-corrected chi connectivity index (χ2v) is 6.93. The van der Waals surface area contributed by atoms with Crippen molar-refractivity contribution >= 4 is 17.8 Å². The maximum absolute atomic E-state index is 12.9. The van der Waals surface area contributed by atoms with Gasteiger partial charge in [0, 0.05) is 12.6 Å². The van der Waals surface area contributed by atoms with Gasteiger partial charge < -0.3 is 19.7 Å². The van der Waals surface area contributed by atoms with Gasteiger partial charge in [-0.1, -0.05) is 0 Å². The molecule has 1 aromatic heterocycles. The first kappa shape index (κ1) is 20.4. The lowest BCUT2D eigenvalue weighted by Gasteiger charge is -2.40. The number of hydrogen-bond donors (Lipinski definition) is 1. The molecule has 0 aliphatic carbocycles. The Morgan fingerprint density at radius 3 is 2.59 bits per heavy atom. The first-order valence-electron chi connectivity index (χ1n) is 9.24. The molecule has 1 atom stereocenters. The molecule has 0 saturated carbocycles. The lowest BCUT2D eigenvalue weighted by molar-refractivity contribution is -0.144. The Morgan fingerprint density at radius 1 is 1.28 bits per heavy atom. The van der Waals surface area contributed by atoms with Crippen LogP contribution in [-0.4, -0.2) is 65.3 Å². The number of rotatable bonds is 6. The molecule has 1 aliphatic heterocycles. The zero-order valence-electron chi connectivity index (χ0n) is 16.9. The fraction of sp³-hybridized carbons (Fsp3) is 0.400. The summed E-state index contributed by atoms with van der Waals surface area (Å²) in [7, 11) is 3.16. The standard InChI is InChI=1S/C20H24N4O5/c1-5-29-17(25)11-21-19(27)20(2)12-24-16(18(26)23(20)3)10-15(22-24)13-6-8-14(28-4)9-7-13/h6-10H,5,11-12H2,1-4H3,(H,21,27)/t20-/m0/s1. The van der Waals surface area contributed by atoms with Crippen molar-refractivity contribution in [2.75, 3.05) is 27.3 Å². The maximum Gasteiger partial charge on any atom is 0.325 e. The highest BCUT2D eigenvalue weighted by molar-refractivity contribution is 6.00. The number of carbonyl (C=O) groups is 3. The smallest absolute Gasteiger partial charge is 0.325 e. The van der Waals surface area contributed by atoms with Crippen LogP contribution in [0, 0.1) is 0 Å². The summed E-state index contributed by atoms with van der Waals surface area (Å²) in [5.74, 6) is -0.582. The van der Waals surface area contributed by atoms with Gasteiger partial charge in [0.05, 0.1) is 26.0 Å². The predicted octanol–water partition coefficient (Wildman–Crippen LogP) is 1.08. The van der Waals surface area contributed by atoms with Crippen molar-refractivity contribution in [2.24, 2.45) is 0 Å². The van der Waals surface area contributed by atoms with Crippen molar-refractivity contribution in [2.45, 2.75) is 25.9 Å². The van der Waals surface area contributed by atoms with E-state index in [1.165, 1.54) is 9.58 Å². The van der Waals surface area contributed by atoms with E-state index in [1.807, 2.05) is 24.3 Å². The van der Waals surface area contributed by atoms with Crippen LogP contribution in [0.2, 0.25) is 0 Å². The molecule has 1 N–H and O–H groups in total. The van der Waals surface area contributed by atoms with Gasteiger partial charge in [-0.15, -0.1) is 0 Å². The summed E-state index contributed by atoms with van der Waals surface area (Å²) in [5.41, 5.74) is 0.658. The monoisotopic (exact) mass is 400 g/mol. The third-order valence-electron chi connectivity index (χ3n) is 5.08. The van der Waals surface area contributed by atoms with Gasteiger partial charge in [0.15, 0.2) is 0 Å². The quantitative estimate of drug-likeness (QED) is 0.728. The van der Waals surface area contributed by atoms with Gasteiger partial charge in [-0.05, 0) is 44.2 Å². The minimum atomic E-state index is -1.19. The van der Waals surface area contributed by atoms with Crippen LogP contribution in [0.4, 0.5) is 0 Å². The van der Waals surface area contributed by atoms with E-state index in [2.05, 4.69) is 10.4 Å². The number of ether oxygens (including phenoxy) is 2. The average molecular weight is 400 g/mol.